The van der Waals surface area contributed by atoms with E-state index in [4.69, 9.17) is 0 Å². The van der Waals surface area contributed by atoms with E-state index in [0.717, 1.165) is 51.0 Å². The van der Waals surface area contributed by atoms with Crippen molar-refractivity contribution in [3.8, 4) is 0 Å². The molecule has 0 radical (unpaired) electrons. The molecule has 0 unspecified atom stereocenters. The van der Waals surface area contributed by atoms with Crippen molar-refractivity contribution in [2.24, 2.45) is 0 Å². The molecular formula is C22H28N2O. The maximum atomic E-state index is 13.3. The van der Waals surface area contributed by atoms with Crippen LogP contribution in [0.4, 0.5) is 0 Å². The minimum absolute atomic E-state index is 0.247. The molecular weight excluding hydrogens is 308 g/mol. The van der Waals surface area contributed by atoms with Crippen LogP contribution in [0.2, 0.25) is 0 Å². The van der Waals surface area contributed by atoms with Crippen molar-refractivity contribution >= 4 is 5.91 Å². The van der Waals surface area contributed by atoms with Gasteiger partial charge in [-0.1, -0.05) is 29.8 Å². The Bertz CT molecular complexity index is 797. The van der Waals surface area contributed by atoms with Gasteiger partial charge in [0.1, 0.15) is 5.69 Å². The van der Waals surface area contributed by atoms with E-state index >= 15 is 0 Å². The van der Waals surface area contributed by atoms with E-state index in [-0.39, 0.29) is 5.91 Å². The van der Waals surface area contributed by atoms with Crippen LogP contribution < -0.4 is 0 Å². The van der Waals surface area contributed by atoms with Crippen LogP contribution in [0.15, 0.2) is 24.3 Å². The van der Waals surface area contributed by atoms with Gasteiger partial charge in [-0.15, -0.1) is 0 Å². The first-order chi connectivity index (χ1) is 12.1. The third kappa shape index (κ3) is 3.01. The van der Waals surface area contributed by atoms with Crippen LogP contribution in [-0.4, -0.2) is 28.5 Å². The molecule has 1 amide bonds. The fourth-order valence-corrected chi connectivity index (χ4v) is 4.58. The Labute approximate surface area is 150 Å². The average Bonchev–Trinajstić information content (AvgIpc) is 3.23. The molecule has 2 aromatic rings. The van der Waals surface area contributed by atoms with Crippen LogP contribution in [0.1, 0.15) is 64.1 Å². The Morgan fingerprint density at radius 1 is 1.04 bits per heavy atom. The molecule has 0 saturated carbocycles. The van der Waals surface area contributed by atoms with Gasteiger partial charge in [0.05, 0.1) is 0 Å². The average molecular weight is 336 g/mol. The van der Waals surface area contributed by atoms with Gasteiger partial charge in [-0.3, -0.25) is 4.79 Å². The quantitative estimate of drug-likeness (QED) is 0.822. The number of carbonyl (C=O) groups excluding carboxylic acids is 1. The van der Waals surface area contributed by atoms with Gasteiger partial charge >= 0.3 is 0 Å². The highest BCUT2D eigenvalue weighted by Crippen LogP contribution is 2.31. The van der Waals surface area contributed by atoms with E-state index in [1.807, 2.05) is 0 Å². The molecule has 1 aliphatic carbocycles. The molecule has 2 heterocycles. The Morgan fingerprint density at radius 2 is 1.80 bits per heavy atom. The fraction of sp³-hybridized carbons (Fsp3) is 0.500. The highest BCUT2D eigenvalue weighted by molar-refractivity contribution is 5.95. The molecule has 0 spiro atoms. The molecule has 4 rings (SSSR count). The second-order valence-corrected chi connectivity index (χ2v) is 7.68. The molecule has 1 aromatic carbocycles. The Morgan fingerprint density at radius 3 is 2.56 bits per heavy atom. The van der Waals surface area contributed by atoms with Crippen molar-refractivity contribution in [1.29, 1.82) is 0 Å². The molecule has 1 aliphatic heterocycles. The van der Waals surface area contributed by atoms with Crippen LogP contribution in [0.5, 0.6) is 0 Å². The largest absolute Gasteiger partial charge is 0.337 e. The molecule has 1 fully saturated rings. The number of carbonyl (C=O) groups is 1. The first kappa shape index (κ1) is 16.4. The zero-order valence-corrected chi connectivity index (χ0v) is 15.5. The van der Waals surface area contributed by atoms with Crippen molar-refractivity contribution in [1.82, 2.24) is 9.47 Å². The topological polar surface area (TPSA) is 25.2 Å². The predicted molar refractivity (Wildman–Crippen MR) is 101 cm³/mol. The van der Waals surface area contributed by atoms with E-state index in [2.05, 4.69) is 47.6 Å². The number of hydrogen-bond donors (Lipinski definition) is 0. The number of hydrogen-bond acceptors (Lipinski definition) is 1. The Kier molecular flexibility index (Phi) is 4.41. The van der Waals surface area contributed by atoms with Crippen molar-refractivity contribution in [3.05, 3.63) is 57.9 Å². The third-order valence-electron chi connectivity index (χ3n) is 5.86. The Hall–Kier alpha value is -2.03. The van der Waals surface area contributed by atoms with Gasteiger partial charge in [0, 0.05) is 25.3 Å². The van der Waals surface area contributed by atoms with E-state index in [0.29, 0.717) is 0 Å². The van der Waals surface area contributed by atoms with Gasteiger partial charge in [0.15, 0.2) is 0 Å². The summed E-state index contributed by atoms with van der Waals surface area (Å²) in [6.07, 6.45) is 7.00. The molecule has 132 valence electrons. The molecule has 25 heavy (non-hydrogen) atoms. The van der Waals surface area contributed by atoms with Crippen molar-refractivity contribution in [3.63, 3.8) is 0 Å². The number of likely N-dealkylation sites (tertiary alicyclic amines) is 1. The van der Waals surface area contributed by atoms with Gasteiger partial charge in [-0.25, -0.2) is 0 Å². The summed E-state index contributed by atoms with van der Waals surface area (Å²) in [5.74, 6) is 0.247. The molecule has 3 heteroatoms. The van der Waals surface area contributed by atoms with Crippen molar-refractivity contribution < 1.29 is 4.79 Å². The summed E-state index contributed by atoms with van der Waals surface area (Å²) in [5, 5.41) is 0. The van der Waals surface area contributed by atoms with Crippen LogP contribution in [0, 0.1) is 13.8 Å². The second-order valence-electron chi connectivity index (χ2n) is 7.68. The van der Waals surface area contributed by atoms with E-state index in [1.165, 1.54) is 40.8 Å². The fourth-order valence-electron chi connectivity index (χ4n) is 4.58. The summed E-state index contributed by atoms with van der Waals surface area (Å²) in [6, 6.07) is 8.68. The number of nitrogens with zero attached hydrogens (tertiary/aromatic N) is 2. The van der Waals surface area contributed by atoms with E-state index in [9.17, 15) is 4.79 Å². The lowest BCUT2D eigenvalue weighted by atomic mass is 9.95. The molecule has 0 bridgehead atoms. The van der Waals surface area contributed by atoms with Crippen molar-refractivity contribution in [2.75, 3.05) is 13.1 Å². The number of rotatable bonds is 3. The van der Waals surface area contributed by atoms with Crippen LogP contribution in [0.25, 0.3) is 0 Å². The standard InChI is InChI=1S/C22H28N2O/c1-16-8-7-9-18(14-16)15-24-20-11-4-3-10-19(20)17(2)21(24)22(25)23-12-5-6-13-23/h7-9,14H,3-6,10-13,15H2,1-2H3. The SMILES string of the molecule is Cc1cccc(Cn2c3c(c(C)c2C(=O)N2CCCC2)CCCC3)c1. The highest BCUT2D eigenvalue weighted by Gasteiger charge is 2.29. The lowest BCUT2D eigenvalue weighted by Gasteiger charge is -2.20. The van der Waals surface area contributed by atoms with Gasteiger partial charge in [-0.05, 0) is 69.1 Å². The molecule has 2 aliphatic rings. The summed E-state index contributed by atoms with van der Waals surface area (Å²) in [7, 11) is 0. The summed E-state index contributed by atoms with van der Waals surface area (Å²) >= 11 is 0. The molecule has 3 nitrogen and oxygen atoms in total. The monoisotopic (exact) mass is 336 g/mol. The van der Waals surface area contributed by atoms with E-state index < -0.39 is 0 Å². The maximum Gasteiger partial charge on any atom is 0.270 e. The molecule has 1 aromatic heterocycles. The predicted octanol–water partition coefficient (Wildman–Crippen LogP) is 4.27. The second kappa shape index (κ2) is 6.70. The normalized spacial score (nSPS) is 17.0. The summed E-state index contributed by atoms with van der Waals surface area (Å²) < 4.78 is 2.35. The molecule has 0 N–H and O–H groups in total. The number of benzene rings is 1. The summed E-state index contributed by atoms with van der Waals surface area (Å²) in [5.41, 5.74) is 7.62. The van der Waals surface area contributed by atoms with Gasteiger partial charge in [0.2, 0.25) is 0 Å². The van der Waals surface area contributed by atoms with Gasteiger partial charge in [-0.2, -0.15) is 0 Å². The highest BCUT2D eigenvalue weighted by atomic mass is 16.2. The van der Waals surface area contributed by atoms with Gasteiger partial charge in [0.25, 0.3) is 5.91 Å². The van der Waals surface area contributed by atoms with Gasteiger partial charge < -0.3 is 9.47 Å². The summed E-state index contributed by atoms with van der Waals surface area (Å²) in [6.45, 7) is 6.94. The van der Waals surface area contributed by atoms with Crippen molar-refractivity contribution in [2.45, 2.75) is 58.9 Å². The van der Waals surface area contributed by atoms with Crippen LogP contribution >= 0.6 is 0 Å². The third-order valence-corrected chi connectivity index (χ3v) is 5.86. The van der Waals surface area contributed by atoms with E-state index in [1.54, 1.807) is 0 Å². The lowest BCUT2D eigenvalue weighted by Crippen LogP contribution is -2.30. The van der Waals surface area contributed by atoms with Crippen LogP contribution in [0.3, 0.4) is 0 Å². The number of aryl methyl sites for hydroxylation is 1. The number of fused-ring (bicyclic) bond motifs is 1. The lowest BCUT2D eigenvalue weighted by molar-refractivity contribution is 0.0781. The molecule has 1 saturated heterocycles. The zero-order valence-electron chi connectivity index (χ0n) is 15.5. The molecule has 0 atom stereocenters. The maximum absolute atomic E-state index is 13.3. The summed E-state index contributed by atoms with van der Waals surface area (Å²) in [4.78, 5) is 15.3. The number of aromatic nitrogens is 1. The zero-order chi connectivity index (χ0) is 17.4. The smallest absolute Gasteiger partial charge is 0.270 e. The minimum Gasteiger partial charge on any atom is -0.337 e. The van der Waals surface area contributed by atoms with Crippen LogP contribution in [-0.2, 0) is 19.4 Å². The Balaban J connectivity index is 1.78. The number of amides is 1. The first-order valence-electron chi connectivity index (χ1n) is 9.71. The first-order valence-corrected chi connectivity index (χ1v) is 9.71. The minimum atomic E-state index is 0.247.